The zero-order chi connectivity index (χ0) is 13.4. The van der Waals surface area contributed by atoms with Gasteiger partial charge >= 0.3 is 0 Å². The minimum atomic E-state index is 0.306. The van der Waals surface area contributed by atoms with Gasteiger partial charge in [0, 0.05) is 6.04 Å². The van der Waals surface area contributed by atoms with Gasteiger partial charge in [0.25, 0.3) is 0 Å². The average Bonchev–Trinajstić information content (AvgIpc) is 2.74. The van der Waals surface area contributed by atoms with Crippen LogP contribution in [0.25, 0.3) is 22.2 Å². The number of benzene rings is 2. The molecule has 0 aliphatic carbocycles. The molecule has 0 saturated heterocycles. The lowest BCUT2D eigenvalue weighted by Gasteiger charge is -2.09. The Morgan fingerprint density at radius 3 is 2.42 bits per heavy atom. The van der Waals surface area contributed by atoms with Crippen LogP contribution in [0, 0.1) is 0 Å². The Labute approximate surface area is 117 Å². The first-order valence-corrected chi connectivity index (χ1v) is 6.77. The third-order valence-corrected chi connectivity index (χ3v) is 3.54. The number of imidazole rings is 1. The number of aromatic nitrogens is 2. The summed E-state index contributed by atoms with van der Waals surface area (Å²) in [5, 5.41) is 0.551. The maximum atomic E-state index is 6.21. The van der Waals surface area contributed by atoms with Crippen LogP contribution < -0.4 is 0 Å². The summed E-state index contributed by atoms with van der Waals surface area (Å²) in [7, 11) is 0. The van der Waals surface area contributed by atoms with Crippen LogP contribution in [0.15, 0.2) is 48.5 Å². The monoisotopic (exact) mass is 270 g/mol. The third kappa shape index (κ3) is 2.13. The van der Waals surface area contributed by atoms with Crippen molar-refractivity contribution in [2.75, 3.05) is 0 Å². The van der Waals surface area contributed by atoms with E-state index in [1.165, 1.54) is 5.56 Å². The molecule has 0 fully saturated rings. The summed E-state index contributed by atoms with van der Waals surface area (Å²) in [4.78, 5) is 4.45. The van der Waals surface area contributed by atoms with Gasteiger partial charge in [0.1, 0.15) is 0 Å². The van der Waals surface area contributed by atoms with E-state index in [0.717, 1.165) is 16.6 Å². The molecular weight excluding hydrogens is 256 g/mol. The number of hydrogen-bond acceptors (Lipinski definition) is 1. The van der Waals surface area contributed by atoms with E-state index in [-0.39, 0.29) is 0 Å². The van der Waals surface area contributed by atoms with Crippen LogP contribution in [0.4, 0.5) is 0 Å². The minimum Gasteiger partial charge on any atom is -0.312 e. The molecule has 3 aromatic rings. The van der Waals surface area contributed by atoms with E-state index in [0.29, 0.717) is 11.3 Å². The van der Waals surface area contributed by atoms with E-state index in [2.05, 4.69) is 49.2 Å². The fourth-order valence-corrected chi connectivity index (χ4v) is 2.75. The molecule has 0 atom stereocenters. The van der Waals surface area contributed by atoms with E-state index in [9.17, 15) is 0 Å². The number of halogens is 1. The molecule has 96 valence electrons. The summed E-state index contributed by atoms with van der Waals surface area (Å²) in [6.07, 6.45) is 0. The summed E-state index contributed by atoms with van der Waals surface area (Å²) in [6.45, 7) is 4.22. The van der Waals surface area contributed by atoms with Crippen LogP contribution in [0.3, 0.4) is 0 Å². The largest absolute Gasteiger partial charge is 0.312 e. The second-order valence-corrected chi connectivity index (χ2v) is 5.25. The molecule has 0 N–H and O–H groups in total. The topological polar surface area (TPSA) is 17.8 Å². The fourth-order valence-electron chi connectivity index (χ4n) is 2.37. The molecule has 0 radical (unpaired) electrons. The molecule has 0 bridgehead atoms. The van der Waals surface area contributed by atoms with Crippen molar-refractivity contribution in [3.8, 4) is 11.1 Å². The minimum absolute atomic E-state index is 0.306. The van der Waals surface area contributed by atoms with Crippen molar-refractivity contribution in [2.24, 2.45) is 0 Å². The molecule has 0 aliphatic rings. The molecule has 2 aromatic carbocycles. The van der Waals surface area contributed by atoms with Crippen LogP contribution in [0.1, 0.15) is 19.9 Å². The van der Waals surface area contributed by atoms with E-state index < -0.39 is 0 Å². The van der Waals surface area contributed by atoms with Gasteiger partial charge in [-0.2, -0.15) is 0 Å². The zero-order valence-electron chi connectivity index (χ0n) is 11.0. The van der Waals surface area contributed by atoms with E-state index >= 15 is 0 Å². The first-order valence-electron chi connectivity index (χ1n) is 6.40. The molecular formula is C16H15ClN2. The Kier molecular flexibility index (Phi) is 3.03. The number of hydrogen-bond donors (Lipinski definition) is 0. The lowest BCUT2D eigenvalue weighted by molar-refractivity contribution is 0.618. The predicted molar refractivity (Wildman–Crippen MR) is 80.6 cm³/mol. The van der Waals surface area contributed by atoms with Gasteiger partial charge in [-0.15, -0.1) is 0 Å². The Balaban J connectivity index is 2.18. The van der Waals surface area contributed by atoms with Gasteiger partial charge < -0.3 is 4.57 Å². The molecule has 0 unspecified atom stereocenters. The van der Waals surface area contributed by atoms with Crippen molar-refractivity contribution in [3.63, 3.8) is 0 Å². The van der Waals surface area contributed by atoms with E-state index in [4.69, 9.17) is 11.6 Å². The Morgan fingerprint density at radius 2 is 1.74 bits per heavy atom. The quantitative estimate of drug-likeness (QED) is 0.645. The van der Waals surface area contributed by atoms with Gasteiger partial charge in [-0.25, -0.2) is 4.98 Å². The summed E-state index contributed by atoms with van der Waals surface area (Å²) >= 11 is 6.21. The Bertz CT molecular complexity index is 714. The maximum Gasteiger partial charge on any atom is 0.204 e. The van der Waals surface area contributed by atoms with Gasteiger partial charge in [0.05, 0.1) is 11.0 Å². The SMILES string of the molecule is CC(C)n1c(Cl)nc2cc(-c3ccccc3)ccc21. The second-order valence-electron chi connectivity index (χ2n) is 4.91. The summed E-state index contributed by atoms with van der Waals surface area (Å²) in [5.74, 6) is 0. The maximum absolute atomic E-state index is 6.21. The first-order chi connectivity index (χ1) is 9.16. The highest BCUT2D eigenvalue weighted by Gasteiger charge is 2.12. The van der Waals surface area contributed by atoms with Crippen molar-refractivity contribution in [1.82, 2.24) is 9.55 Å². The predicted octanol–water partition coefficient (Wildman–Crippen LogP) is 4.94. The molecule has 0 amide bonds. The van der Waals surface area contributed by atoms with E-state index in [1.807, 2.05) is 22.8 Å². The van der Waals surface area contributed by atoms with Crippen molar-refractivity contribution < 1.29 is 0 Å². The van der Waals surface area contributed by atoms with Crippen molar-refractivity contribution >= 4 is 22.6 Å². The van der Waals surface area contributed by atoms with Gasteiger partial charge in [-0.05, 0) is 48.7 Å². The smallest absolute Gasteiger partial charge is 0.204 e. The highest BCUT2D eigenvalue weighted by Crippen LogP contribution is 2.28. The zero-order valence-corrected chi connectivity index (χ0v) is 11.7. The first kappa shape index (κ1) is 12.2. The second kappa shape index (κ2) is 4.71. The molecule has 0 spiro atoms. The van der Waals surface area contributed by atoms with Crippen LogP contribution in [-0.2, 0) is 0 Å². The van der Waals surface area contributed by atoms with Gasteiger partial charge in [0.15, 0.2) is 0 Å². The Morgan fingerprint density at radius 1 is 1.00 bits per heavy atom. The third-order valence-electron chi connectivity index (χ3n) is 3.27. The standard InChI is InChI=1S/C16H15ClN2/c1-11(2)19-15-9-8-13(10-14(15)18-16(19)17)12-6-4-3-5-7-12/h3-11H,1-2H3. The van der Waals surface area contributed by atoms with Gasteiger partial charge in [-0.3, -0.25) is 0 Å². The lowest BCUT2D eigenvalue weighted by atomic mass is 10.1. The summed E-state index contributed by atoms with van der Waals surface area (Å²) < 4.78 is 2.05. The van der Waals surface area contributed by atoms with E-state index in [1.54, 1.807) is 0 Å². The number of rotatable bonds is 2. The van der Waals surface area contributed by atoms with Crippen LogP contribution in [-0.4, -0.2) is 9.55 Å². The van der Waals surface area contributed by atoms with Crippen LogP contribution in [0.2, 0.25) is 5.28 Å². The summed E-state index contributed by atoms with van der Waals surface area (Å²) in [6, 6.07) is 16.9. The molecule has 1 aromatic heterocycles. The average molecular weight is 271 g/mol. The molecule has 3 heteroatoms. The Hall–Kier alpha value is -1.80. The molecule has 3 rings (SSSR count). The molecule has 0 saturated carbocycles. The highest BCUT2D eigenvalue weighted by molar-refractivity contribution is 6.29. The molecule has 0 aliphatic heterocycles. The fraction of sp³-hybridized carbons (Fsp3) is 0.188. The van der Waals surface area contributed by atoms with Crippen molar-refractivity contribution in [3.05, 3.63) is 53.8 Å². The normalized spacial score (nSPS) is 11.4. The van der Waals surface area contributed by atoms with Crippen molar-refractivity contribution in [1.29, 1.82) is 0 Å². The van der Waals surface area contributed by atoms with Gasteiger partial charge in [0.2, 0.25) is 5.28 Å². The lowest BCUT2D eigenvalue weighted by Crippen LogP contribution is -1.99. The van der Waals surface area contributed by atoms with Crippen molar-refractivity contribution in [2.45, 2.75) is 19.9 Å². The van der Waals surface area contributed by atoms with Gasteiger partial charge in [-0.1, -0.05) is 36.4 Å². The molecule has 1 heterocycles. The number of nitrogens with zero attached hydrogens (tertiary/aromatic N) is 2. The number of fused-ring (bicyclic) bond motifs is 1. The van der Waals surface area contributed by atoms with Crippen LogP contribution in [0.5, 0.6) is 0 Å². The molecule has 2 nitrogen and oxygen atoms in total. The van der Waals surface area contributed by atoms with Crippen LogP contribution >= 0.6 is 11.6 Å². The molecule has 19 heavy (non-hydrogen) atoms. The highest BCUT2D eigenvalue weighted by atomic mass is 35.5. The summed E-state index contributed by atoms with van der Waals surface area (Å²) in [5.41, 5.74) is 4.39.